The lowest BCUT2D eigenvalue weighted by molar-refractivity contribution is -0.137. The Balaban J connectivity index is 1.52. The third-order valence-electron chi connectivity index (χ3n) is 5.18. The number of nitrogens with zero attached hydrogens (tertiary/aromatic N) is 2. The van der Waals surface area contributed by atoms with E-state index < -0.39 is 17.3 Å². The molecule has 8 heteroatoms. The van der Waals surface area contributed by atoms with E-state index in [1.807, 2.05) is 4.90 Å². The molecule has 0 radical (unpaired) electrons. The molecule has 2 aliphatic rings. The second-order valence-corrected chi connectivity index (χ2v) is 7.00. The van der Waals surface area contributed by atoms with Crippen molar-refractivity contribution in [1.29, 1.82) is 0 Å². The van der Waals surface area contributed by atoms with Gasteiger partial charge in [0.05, 0.1) is 11.1 Å². The van der Waals surface area contributed by atoms with Crippen LogP contribution < -0.4 is 16.0 Å². The molecule has 0 atom stereocenters. The molecule has 0 spiro atoms. The summed E-state index contributed by atoms with van der Waals surface area (Å²) in [7, 11) is 0. The summed E-state index contributed by atoms with van der Waals surface area (Å²) < 4.78 is 37.8. The Bertz CT molecular complexity index is 603. The number of amides is 1. The van der Waals surface area contributed by atoms with E-state index in [0.717, 1.165) is 50.8 Å². The van der Waals surface area contributed by atoms with Crippen molar-refractivity contribution in [3.05, 3.63) is 23.9 Å². The number of hydrogen-bond acceptors (Lipinski definition) is 4. The summed E-state index contributed by atoms with van der Waals surface area (Å²) in [6.07, 6.45) is 1.38. The van der Waals surface area contributed by atoms with Crippen molar-refractivity contribution in [2.45, 2.75) is 56.3 Å². The predicted molar refractivity (Wildman–Crippen MR) is 88.0 cm³/mol. The number of aromatic nitrogens is 1. The zero-order chi connectivity index (χ0) is 18.1. The third kappa shape index (κ3) is 4.05. The van der Waals surface area contributed by atoms with Gasteiger partial charge >= 0.3 is 6.18 Å². The van der Waals surface area contributed by atoms with Crippen molar-refractivity contribution >= 4 is 11.7 Å². The van der Waals surface area contributed by atoms with E-state index in [9.17, 15) is 18.0 Å². The van der Waals surface area contributed by atoms with Crippen molar-refractivity contribution in [1.82, 2.24) is 10.3 Å². The van der Waals surface area contributed by atoms with Gasteiger partial charge in [-0.05, 0) is 37.8 Å². The Morgan fingerprint density at radius 1 is 1.24 bits per heavy atom. The Hall–Kier alpha value is -1.83. The van der Waals surface area contributed by atoms with E-state index in [2.05, 4.69) is 10.3 Å². The average Bonchev–Trinajstić information content (AvgIpc) is 3.03. The van der Waals surface area contributed by atoms with Crippen molar-refractivity contribution in [3.8, 4) is 0 Å². The van der Waals surface area contributed by atoms with E-state index in [1.54, 1.807) is 0 Å². The Labute approximate surface area is 144 Å². The molecular formula is C17H23F3N4O. The SMILES string of the molecule is NC1(C(=O)NC2CCN(c3ccc(C(F)(F)F)cn3)CC2)CCCC1. The Kier molecular flexibility index (Phi) is 4.90. The molecule has 1 saturated carbocycles. The van der Waals surface area contributed by atoms with Gasteiger partial charge in [-0.1, -0.05) is 12.8 Å². The minimum absolute atomic E-state index is 0.0548. The predicted octanol–water partition coefficient (Wildman–Crippen LogP) is 2.46. The smallest absolute Gasteiger partial charge is 0.356 e. The molecule has 1 aliphatic heterocycles. The summed E-state index contributed by atoms with van der Waals surface area (Å²) in [6.45, 7) is 1.28. The number of carbonyl (C=O) groups is 1. The van der Waals surface area contributed by atoms with E-state index in [-0.39, 0.29) is 11.9 Å². The highest BCUT2D eigenvalue weighted by Crippen LogP contribution is 2.30. The lowest BCUT2D eigenvalue weighted by Crippen LogP contribution is -2.56. The molecule has 5 nitrogen and oxygen atoms in total. The molecule has 1 amide bonds. The highest BCUT2D eigenvalue weighted by Gasteiger charge is 2.38. The molecular weight excluding hydrogens is 333 g/mol. The summed E-state index contributed by atoms with van der Waals surface area (Å²) in [5.74, 6) is 0.458. The highest BCUT2D eigenvalue weighted by molar-refractivity contribution is 5.86. The normalized spacial score (nSPS) is 21.4. The topological polar surface area (TPSA) is 71.2 Å². The largest absolute Gasteiger partial charge is 0.417 e. The number of nitrogens with one attached hydrogen (secondary N) is 1. The summed E-state index contributed by atoms with van der Waals surface area (Å²) in [6, 6.07) is 2.50. The quantitative estimate of drug-likeness (QED) is 0.873. The van der Waals surface area contributed by atoms with Gasteiger partial charge in [-0.25, -0.2) is 4.98 Å². The molecule has 3 rings (SSSR count). The molecule has 1 saturated heterocycles. The van der Waals surface area contributed by atoms with Crippen LogP contribution >= 0.6 is 0 Å². The molecule has 1 aromatic heterocycles. The maximum atomic E-state index is 12.6. The minimum atomic E-state index is -4.37. The van der Waals surface area contributed by atoms with Crippen LogP contribution in [0.25, 0.3) is 0 Å². The molecule has 2 fully saturated rings. The fraction of sp³-hybridized carbons (Fsp3) is 0.647. The van der Waals surface area contributed by atoms with Gasteiger partial charge in [0.25, 0.3) is 0 Å². The summed E-state index contributed by atoms with van der Waals surface area (Å²) >= 11 is 0. The molecule has 3 N–H and O–H groups in total. The first-order valence-corrected chi connectivity index (χ1v) is 8.66. The van der Waals surface area contributed by atoms with Crippen molar-refractivity contribution in [2.75, 3.05) is 18.0 Å². The van der Waals surface area contributed by atoms with Gasteiger partial charge in [-0.2, -0.15) is 13.2 Å². The van der Waals surface area contributed by atoms with Gasteiger partial charge in [-0.3, -0.25) is 4.79 Å². The number of alkyl halides is 3. The van der Waals surface area contributed by atoms with Gasteiger partial charge in [0.15, 0.2) is 0 Å². The number of pyridine rings is 1. The maximum Gasteiger partial charge on any atom is 0.417 e. The van der Waals surface area contributed by atoms with Gasteiger partial charge in [0.1, 0.15) is 5.82 Å². The van der Waals surface area contributed by atoms with E-state index >= 15 is 0 Å². The van der Waals surface area contributed by atoms with Crippen LogP contribution in [-0.2, 0) is 11.0 Å². The van der Waals surface area contributed by atoms with Gasteiger partial charge < -0.3 is 16.0 Å². The summed E-state index contributed by atoms with van der Waals surface area (Å²) in [5, 5.41) is 3.04. The van der Waals surface area contributed by atoms with Crippen LogP contribution in [0.4, 0.5) is 19.0 Å². The monoisotopic (exact) mass is 356 g/mol. The van der Waals surface area contributed by atoms with E-state index in [1.165, 1.54) is 6.07 Å². The van der Waals surface area contributed by atoms with Crippen LogP contribution in [0.1, 0.15) is 44.1 Å². The van der Waals surface area contributed by atoms with E-state index in [4.69, 9.17) is 5.73 Å². The molecule has 1 aliphatic carbocycles. The summed E-state index contributed by atoms with van der Waals surface area (Å²) in [4.78, 5) is 18.2. The van der Waals surface area contributed by atoms with Gasteiger partial charge in [-0.15, -0.1) is 0 Å². The van der Waals surface area contributed by atoms with Crippen molar-refractivity contribution in [3.63, 3.8) is 0 Å². The lowest BCUT2D eigenvalue weighted by atomic mass is 9.96. The van der Waals surface area contributed by atoms with Crippen LogP contribution in [0.3, 0.4) is 0 Å². The number of nitrogens with two attached hydrogens (primary N) is 1. The Morgan fingerprint density at radius 2 is 1.88 bits per heavy atom. The van der Waals surface area contributed by atoms with Gasteiger partial charge in [0.2, 0.25) is 5.91 Å². The Morgan fingerprint density at radius 3 is 2.40 bits per heavy atom. The zero-order valence-corrected chi connectivity index (χ0v) is 14.0. The van der Waals surface area contributed by atoms with Crippen molar-refractivity contribution in [2.24, 2.45) is 5.73 Å². The van der Waals surface area contributed by atoms with Crippen LogP contribution in [0.5, 0.6) is 0 Å². The molecule has 0 aromatic carbocycles. The minimum Gasteiger partial charge on any atom is -0.356 e. The van der Waals surface area contributed by atoms with Crippen LogP contribution in [0, 0.1) is 0 Å². The molecule has 0 unspecified atom stereocenters. The number of piperidine rings is 1. The second-order valence-electron chi connectivity index (χ2n) is 7.00. The number of carbonyl (C=O) groups excluding carboxylic acids is 1. The summed E-state index contributed by atoms with van der Waals surface area (Å²) in [5.41, 5.74) is 4.69. The third-order valence-corrected chi connectivity index (χ3v) is 5.18. The first kappa shape index (κ1) is 18.0. The maximum absolute atomic E-state index is 12.6. The van der Waals surface area contributed by atoms with Crippen molar-refractivity contribution < 1.29 is 18.0 Å². The van der Waals surface area contributed by atoms with E-state index in [0.29, 0.717) is 18.9 Å². The molecule has 2 heterocycles. The second kappa shape index (κ2) is 6.82. The van der Waals surface area contributed by atoms with Crippen LogP contribution in [-0.4, -0.2) is 35.6 Å². The molecule has 0 bridgehead atoms. The first-order chi connectivity index (χ1) is 11.8. The highest BCUT2D eigenvalue weighted by atomic mass is 19.4. The number of anilines is 1. The van der Waals surface area contributed by atoms with Gasteiger partial charge in [0, 0.05) is 25.3 Å². The molecule has 138 valence electrons. The zero-order valence-electron chi connectivity index (χ0n) is 14.0. The average molecular weight is 356 g/mol. The molecule has 25 heavy (non-hydrogen) atoms. The lowest BCUT2D eigenvalue weighted by Gasteiger charge is -2.35. The fourth-order valence-electron chi connectivity index (χ4n) is 3.56. The molecule has 1 aromatic rings. The first-order valence-electron chi connectivity index (χ1n) is 8.66. The number of halogens is 3. The number of hydrogen-bond donors (Lipinski definition) is 2. The number of rotatable bonds is 3. The van der Waals surface area contributed by atoms with Crippen LogP contribution in [0.15, 0.2) is 18.3 Å². The fourth-order valence-corrected chi connectivity index (χ4v) is 3.56. The standard InChI is InChI=1S/C17H23F3N4O/c18-17(19,20)12-3-4-14(22-11-12)24-9-5-13(6-10-24)23-15(25)16(21)7-1-2-8-16/h3-4,11,13H,1-2,5-10,21H2,(H,23,25). The van der Waals surface area contributed by atoms with Crippen LogP contribution in [0.2, 0.25) is 0 Å².